The van der Waals surface area contributed by atoms with Crippen molar-refractivity contribution in [3.8, 4) is 11.8 Å². The van der Waals surface area contributed by atoms with E-state index < -0.39 is 18.2 Å². The standard InChI is InChI=1S/C29H38N2O4.C2HF3O2/c1-20(2)35-28(33)12-10-21-9-11-25(17-30)27(15-21)34-19-26(32)18-31-29(3,4)16-22-13-23-7-5-6-8-24(23)14-22;3-2(4,5)1(6)7/h5-9,11,15,20,22,26,31-32H,10,12-14,16,18-19H2,1-4H3;(H,6,7)/t26-;/m1./s1. The highest BCUT2D eigenvalue weighted by Gasteiger charge is 2.38. The van der Waals surface area contributed by atoms with E-state index in [2.05, 4.69) is 49.5 Å². The van der Waals surface area contributed by atoms with E-state index in [9.17, 15) is 28.3 Å². The topological polar surface area (TPSA) is 129 Å². The van der Waals surface area contributed by atoms with Crippen molar-refractivity contribution in [2.24, 2.45) is 5.92 Å². The van der Waals surface area contributed by atoms with E-state index in [1.54, 1.807) is 12.1 Å². The number of nitrogens with zero attached hydrogens (tertiary/aromatic N) is 1. The number of aliphatic hydroxyl groups excluding tert-OH is 1. The highest BCUT2D eigenvalue weighted by molar-refractivity contribution is 5.73. The number of carbonyl (C=O) groups excluding carboxylic acids is 1. The number of benzene rings is 2. The minimum Gasteiger partial charge on any atom is -0.489 e. The largest absolute Gasteiger partial charge is 0.490 e. The molecule has 0 heterocycles. The van der Waals surface area contributed by atoms with Gasteiger partial charge in [0.25, 0.3) is 0 Å². The van der Waals surface area contributed by atoms with Crippen LogP contribution in [0.4, 0.5) is 13.2 Å². The smallest absolute Gasteiger partial charge is 0.489 e. The first-order valence-electron chi connectivity index (χ1n) is 13.7. The molecule has 11 heteroatoms. The zero-order valence-electron chi connectivity index (χ0n) is 24.3. The second kappa shape index (κ2) is 15.6. The van der Waals surface area contributed by atoms with Crippen molar-refractivity contribution < 1.29 is 42.4 Å². The highest BCUT2D eigenvalue weighted by Crippen LogP contribution is 2.32. The van der Waals surface area contributed by atoms with E-state index in [1.807, 2.05) is 19.9 Å². The Morgan fingerprint density at radius 2 is 1.71 bits per heavy atom. The number of β-amino-alcohol motifs (C(OH)–C–C–N with tert-alkyl or cyclic N) is 1. The average molecular weight is 593 g/mol. The molecule has 42 heavy (non-hydrogen) atoms. The number of rotatable bonds is 12. The molecule has 0 radical (unpaired) electrons. The summed E-state index contributed by atoms with van der Waals surface area (Å²) in [6.45, 7) is 8.46. The lowest BCUT2D eigenvalue weighted by atomic mass is 9.88. The van der Waals surface area contributed by atoms with E-state index in [1.165, 1.54) is 11.1 Å². The van der Waals surface area contributed by atoms with Gasteiger partial charge in [-0.15, -0.1) is 0 Å². The van der Waals surface area contributed by atoms with Gasteiger partial charge in [-0.2, -0.15) is 18.4 Å². The van der Waals surface area contributed by atoms with Crippen LogP contribution < -0.4 is 10.1 Å². The van der Waals surface area contributed by atoms with Crippen LogP contribution in [0, 0.1) is 17.2 Å². The second-order valence-electron chi connectivity index (χ2n) is 11.3. The summed E-state index contributed by atoms with van der Waals surface area (Å²) in [7, 11) is 0. The summed E-state index contributed by atoms with van der Waals surface area (Å²) in [6.07, 6.45) is -1.95. The Bertz CT molecular complexity index is 1210. The Morgan fingerprint density at radius 1 is 1.12 bits per heavy atom. The first kappa shape index (κ1) is 34.6. The summed E-state index contributed by atoms with van der Waals surface area (Å²) in [4.78, 5) is 20.7. The van der Waals surface area contributed by atoms with Gasteiger partial charge < -0.3 is 25.0 Å². The summed E-state index contributed by atoms with van der Waals surface area (Å²) in [6, 6.07) is 16.1. The zero-order valence-corrected chi connectivity index (χ0v) is 24.3. The summed E-state index contributed by atoms with van der Waals surface area (Å²) in [5, 5.41) is 30.6. The van der Waals surface area contributed by atoms with E-state index in [0.717, 1.165) is 24.8 Å². The number of hydrogen-bond acceptors (Lipinski definition) is 7. The highest BCUT2D eigenvalue weighted by atomic mass is 19.4. The Labute approximate surface area is 244 Å². The fourth-order valence-electron chi connectivity index (χ4n) is 4.73. The van der Waals surface area contributed by atoms with Crippen LogP contribution in [0.1, 0.15) is 62.8 Å². The number of aryl methyl sites for hydroxylation is 1. The second-order valence-corrected chi connectivity index (χ2v) is 11.3. The molecule has 0 aromatic heterocycles. The van der Waals surface area contributed by atoms with Gasteiger partial charge in [-0.25, -0.2) is 4.79 Å². The molecule has 0 aliphatic heterocycles. The van der Waals surface area contributed by atoms with Crippen LogP contribution in [-0.4, -0.2) is 59.2 Å². The minimum atomic E-state index is -5.08. The van der Waals surface area contributed by atoms with Crippen molar-refractivity contribution in [3.63, 3.8) is 0 Å². The fraction of sp³-hybridized carbons (Fsp3) is 0.516. The van der Waals surface area contributed by atoms with Gasteiger partial charge >= 0.3 is 18.1 Å². The first-order chi connectivity index (χ1) is 19.6. The lowest BCUT2D eigenvalue weighted by Crippen LogP contribution is -2.46. The molecule has 0 spiro atoms. The molecule has 0 saturated carbocycles. The number of ether oxygens (including phenoxy) is 2. The van der Waals surface area contributed by atoms with E-state index in [4.69, 9.17) is 19.4 Å². The number of hydrogen-bond donors (Lipinski definition) is 3. The van der Waals surface area contributed by atoms with Crippen LogP contribution in [-0.2, 0) is 33.6 Å². The maximum Gasteiger partial charge on any atom is 0.490 e. The molecule has 3 N–H and O–H groups in total. The number of nitriles is 1. The molecule has 0 amide bonds. The van der Waals surface area contributed by atoms with Gasteiger partial charge in [0.05, 0.1) is 11.7 Å². The molecule has 0 bridgehead atoms. The molecular formula is C31H39F3N2O6. The average Bonchev–Trinajstić information content (AvgIpc) is 3.30. The summed E-state index contributed by atoms with van der Waals surface area (Å²) >= 11 is 0. The van der Waals surface area contributed by atoms with Gasteiger partial charge in [-0.05, 0) is 88.1 Å². The maximum atomic E-state index is 11.8. The molecule has 0 unspecified atom stereocenters. The third-order valence-electron chi connectivity index (χ3n) is 6.58. The predicted octanol–water partition coefficient (Wildman–Crippen LogP) is 4.99. The summed E-state index contributed by atoms with van der Waals surface area (Å²) in [5.74, 6) is -1.99. The lowest BCUT2D eigenvalue weighted by Gasteiger charge is -2.30. The molecule has 3 rings (SSSR count). The molecule has 8 nitrogen and oxygen atoms in total. The third kappa shape index (κ3) is 12.1. The molecular weight excluding hydrogens is 553 g/mol. The van der Waals surface area contributed by atoms with Crippen LogP contribution in [0.3, 0.4) is 0 Å². The number of carboxylic acids is 1. The van der Waals surface area contributed by atoms with Gasteiger partial charge in [-0.3, -0.25) is 4.79 Å². The number of aliphatic hydroxyl groups is 1. The number of nitrogens with one attached hydrogen (secondary N) is 1. The number of fused-ring (bicyclic) bond motifs is 1. The third-order valence-corrected chi connectivity index (χ3v) is 6.58. The number of aliphatic carboxylic acids is 1. The Balaban J connectivity index is 0.000000782. The van der Waals surface area contributed by atoms with Gasteiger partial charge in [0.2, 0.25) is 0 Å². The van der Waals surface area contributed by atoms with Crippen molar-refractivity contribution >= 4 is 11.9 Å². The van der Waals surface area contributed by atoms with Crippen molar-refractivity contribution in [1.82, 2.24) is 5.32 Å². The summed E-state index contributed by atoms with van der Waals surface area (Å²) in [5.41, 5.74) is 4.07. The first-order valence-corrected chi connectivity index (χ1v) is 13.7. The Morgan fingerprint density at radius 3 is 2.24 bits per heavy atom. The predicted molar refractivity (Wildman–Crippen MR) is 150 cm³/mol. The molecule has 2 aromatic carbocycles. The van der Waals surface area contributed by atoms with Gasteiger partial charge in [-0.1, -0.05) is 30.3 Å². The number of carbonyl (C=O) groups is 2. The number of esters is 1. The molecule has 0 fully saturated rings. The summed E-state index contributed by atoms with van der Waals surface area (Å²) < 4.78 is 42.7. The van der Waals surface area contributed by atoms with E-state index >= 15 is 0 Å². The fourth-order valence-corrected chi connectivity index (χ4v) is 4.73. The molecule has 1 aliphatic carbocycles. The number of alkyl halides is 3. The number of halogens is 3. The zero-order chi connectivity index (χ0) is 31.5. The van der Waals surface area contributed by atoms with Crippen LogP contribution in [0.25, 0.3) is 0 Å². The monoisotopic (exact) mass is 592 g/mol. The van der Waals surface area contributed by atoms with Gasteiger partial charge in [0.15, 0.2) is 0 Å². The Kier molecular flexibility index (Phi) is 12.8. The lowest BCUT2D eigenvalue weighted by molar-refractivity contribution is -0.192. The van der Waals surface area contributed by atoms with Crippen molar-refractivity contribution in [2.75, 3.05) is 13.2 Å². The molecule has 1 aliphatic rings. The van der Waals surface area contributed by atoms with Gasteiger partial charge in [0.1, 0.15) is 24.5 Å². The van der Waals surface area contributed by atoms with Crippen molar-refractivity contribution in [3.05, 3.63) is 64.7 Å². The van der Waals surface area contributed by atoms with Crippen molar-refractivity contribution in [1.29, 1.82) is 5.26 Å². The molecule has 0 saturated heterocycles. The van der Waals surface area contributed by atoms with Crippen LogP contribution in [0.2, 0.25) is 0 Å². The van der Waals surface area contributed by atoms with Crippen LogP contribution in [0.15, 0.2) is 42.5 Å². The number of carboxylic acid groups (broad SMARTS) is 1. The van der Waals surface area contributed by atoms with E-state index in [-0.39, 0.29) is 30.6 Å². The molecule has 2 aromatic rings. The SMILES string of the molecule is CC(C)OC(=O)CCc1ccc(C#N)c(OC[C@H](O)CNC(C)(C)CC2Cc3ccccc3C2)c1.O=C(O)C(F)(F)F. The molecule has 1 atom stereocenters. The van der Waals surface area contributed by atoms with Crippen LogP contribution >= 0.6 is 0 Å². The quantitative estimate of drug-likeness (QED) is 0.294. The van der Waals surface area contributed by atoms with E-state index in [0.29, 0.717) is 30.2 Å². The Hall–Kier alpha value is -3.62. The normalized spacial score (nSPS) is 13.9. The van der Waals surface area contributed by atoms with Crippen molar-refractivity contribution in [2.45, 2.75) is 83.7 Å². The van der Waals surface area contributed by atoms with Gasteiger partial charge in [0, 0.05) is 18.5 Å². The maximum absolute atomic E-state index is 11.8. The van der Waals surface area contributed by atoms with Crippen LogP contribution in [0.5, 0.6) is 5.75 Å². The molecule has 230 valence electrons. The minimum absolute atomic E-state index is 0.0749.